The minimum Gasteiger partial charge on any atom is -0.478 e. The maximum atomic E-state index is 10.6. The standard InChI is InChI=1S/C8H5IO4.2ClH/c9-6-4(7(10)11)2-1-3-5(6)8(12)13;;/h1-3H,(H,10,11)(H,12,13);2*1H. The van der Waals surface area contributed by atoms with Gasteiger partial charge in [-0.2, -0.15) is 0 Å². The molecule has 0 amide bonds. The molecule has 0 fully saturated rings. The van der Waals surface area contributed by atoms with E-state index >= 15 is 0 Å². The summed E-state index contributed by atoms with van der Waals surface area (Å²) in [6.07, 6.45) is 0. The number of carbonyl (C=O) groups is 2. The molecule has 0 unspecified atom stereocenters. The summed E-state index contributed by atoms with van der Waals surface area (Å²) < 4.78 is 0.250. The molecule has 1 aromatic rings. The van der Waals surface area contributed by atoms with Crippen molar-refractivity contribution < 1.29 is 19.8 Å². The van der Waals surface area contributed by atoms with Crippen molar-refractivity contribution in [2.75, 3.05) is 0 Å². The Balaban J connectivity index is 0. The van der Waals surface area contributed by atoms with Crippen molar-refractivity contribution in [2.45, 2.75) is 0 Å². The SMILES string of the molecule is Cl.Cl.O=C(O)c1cccc(C(=O)O)c1I. The van der Waals surface area contributed by atoms with Crippen LogP contribution in [0.2, 0.25) is 0 Å². The van der Waals surface area contributed by atoms with E-state index < -0.39 is 11.9 Å². The average molecular weight is 365 g/mol. The Morgan fingerprint density at radius 2 is 1.33 bits per heavy atom. The number of halogens is 3. The third-order valence-corrected chi connectivity index (χ3v) is 2.62. The van der Waals surface area contributed by atoms with Crippen LogP contribution in [0.5, 0.6) is 0 Å². The van der Waals surface area contributed by atoms with Crippen LogP contribution in [0.15, 0.2) is 18.2 Å². The zero-order chi connectivity index (χ0) is 10.0. The van der Waals surface area contributed by atoms with E-state index in [0.717, 1.165) is 0 Å². The molecule has 0 radical (unpaired) electrons. The monoisotopic (exact) mass is 364 g/mol. The van der Waals surface area contributed by atoms with Crippen LogP contribution in [-0.2, 0) is 0 Å². The van der Waals surface area contributed by atoms with Crippen LogP contribution in [0.3, 0.4) is 0 Å². The summed E-state index contributed by atoms with van der Waals surface area (Å²) in [5, 5.41) is 17.3. The number of hydrogen-bond donors (Lipinski definition) is 2. The average Bonchev–Trinajstić information content (AvgIpc) is 2.03. The number of carboxylic acid groups (broad SMARTS) is 2. The van der Waals surface area contributed by atoms with Gasteiger partial charge >= 0.3 is 11.9 Å². The molecular formula is C8H7Cl2IO4. The van der Waals surface area contributed by atoms with Crippen LogP contribution in [-0.4, -0.2) is 22.2 Å². The van der Waals surface area contributed by atoms with Crippen molar-refractivity contribution in [1.29, 1.82) is 0 Å². The molecule has 4 nitrogen and oxygen atoms in total. The van der Waals surface area contributed by atoms with E-state index in [1.807, 2.05) is 0 Å². The minimum atomic E-state index is -1.12. The lowest BCUT2D eigenvalue weighted by molar-refractivity contribution is 0.0695. The molecule has 0 heterocycles. The van der Waals surface area contributed by atoms with Gasteiger partial charge in [-0.05, 0) is 34.7 Å². The Bertz CT molecular complexity index is 349. The lowest BCUT2D eigenvalue weighted by atomic mass is 10.1. The molecule has 0 saturated carbocycles. The molecule has 0 atom stereocenters. The molecule has 0 spiro atoms. The lowest BCUT2D eigenvalue weighted by Gasteiger charge is -2.01. The molecule has 1 aromatic carbocycles. The quantitative estimate of drug-likeness (QED) is 0.791. The number of hydrogen-bond acceptors (Lipinski definition) is 2. The number of aromatic carboxylic acids is 2. The van der Waals surface area contributed by atoms with Crippen molar-refractivity contribution in [2.24, 2.45) is 0 Å². The zero-order valence-corrected chi connectivity index (χ0v) is 10.9. The van der Waals surface area contributed by atoms with E-state index in [1.54, 1.807) is 22.6 Å². The van der Waals surface area contributed by atoms with Gasteiger partial charge in [0.2, 0.25) is 0 Å². The van der Waals surface area contributed by atoms with Crippen LogP contribution in [0.4, 0.5) is 0 Å². The highest BCUT2D eigenvalue weighted by Gasteiger charge is 2.14. The maximum absolute atomic E-state index is 10.6. The Labute approximate surface area is 112 Å². The first kappa shape index (κ1) is 16.9. The second-order valence-electron chi connectivity index (χ2n) is 2.28. The normalized spacial score (nSPS) is 8.33. The second kappa shape index (κ2) is 6.86. The largest absolute Gasteiger partial charge is 0.478 e. The van der Waals surface area contributed by atoms with E-state index in [2.05, 4.69) is 0 Å². The number of carboxylic acids is 2. The Morgan fingerprint density at radius 3 is 1.60 bits per heavy atom. The molecule has 7 heteroatoms. The Hall–Kier alpha value is -0.530. The molecule has 1 rings (SSSR count). The summed E-state index contributed by atoms with van der Waals surface area (Å²) >= 11 is 1.71. The Morgan fingerprint density at radius 1 is 1.00 bits per heavy atom. The lowest BCUT2D eigenvalue weighted by Crippen LogP contribution is -2.06. The van der Waals surface area contributed by atoms with Crippen LogP contribution in [0.25, 0.3) is 0 Å². The molecule has 0 aliphatic rings. The van der Waals surface area contributed by atoms with Crippen LogP contribution >= 0.6 is 47.4 Å². The van der Waals surface area contributed by atoms with Crippen molar-refractivity contribution in [3.63, 3.8) is 0 Å². The van der Waals surface area contributed by atoms with Gasteiger partial charge in [0.1, 0.15) is 0 Å². The molecule has 0 aromatic heterocycles. The van der Waals surface area contributed by atoms with Gasteiger partial charge in [-0.15, -0.1) is 24.8 Å². The van der Waals surface area contributed by atoms with Crippen molar-refractivity contribution >= 4 is 59.3 Å². The summed E-state index contributed by atoms with van der Waals surface area (Å²) in [6, 6.07) is 4.15. The second-order valence-corrected chi connectivity index (χ2v) is 3.36. The van der Waals surface area contributed by atoms with Gasteiger partial charge in [0.25, 0.3) is 0 Å². The molecule has 0 saturated heterocycles. The van der Waals surface area contributed by atoms with Crippen molar-refractivity contribution in [3.8, 4) is 0 Å². The Kier molecular flexibility index (Phi) is 7.72. The molecular weight excluding hydrogens is 358 g/mol. The van der Waals surface area contributed by atoms with Gasteiger partial charge in [0, 0.05) is 3.57 Å². The van der Waals surface area contributed by atoms with E-state index in [4.69, 9.17) is 10.2 Å². The van der Waals surface area contributed by atoms with E-state index in [1.165, 1.54) is 18.2 Å². The molecule has 15 heavy (non-hydrogen) atoms. The molecule has 2 N–H and O–H groups in total. The first-order valence-electron chi connectivity index (χ1n) is 3.29. The first-order chi connectivity index (χ1) is 6.04. The molecule has 84 valence electrons. The van der Waals surface area contributed by atoms with Crippen molar-refractivity contribution in [3.05, 3.63) is 32.9 Å². The fourth-order valence-corrected chi connectivity index (χ4v) is 1.68. The smallest absolute Gasteiger partial charge is 0.336 e. The predicted molar refractivity (Wildman–Crippen MR) is 67.6 cm³/mol. The highest BCUT2D eigenvalue weighted by Crippen LogP contribution is 2.17. The first-order valence-corrected chi connectivity index (χ1v) is 4.37. The van der Waals surface area contributed by atoms with Crippen LogP contribution < -0.4 is 0 Å². The van der Waals surface area contributed by atoms with Crippen LogP contribution in [0.1, 0.15) is 20.7 Å². The number of rotatable bonds is 2. The third-order valence-electron chi connectivity index (χ3n) is 1.46. The molecule has 0 bridgehead atoms. The van der Waals surface area contributed by atoms with E-state index in [0.29, 0.717) is 0 Å². The topological polar surface area (TPSA) is 74.6 Å². The van der Waals surface area contributed by atoms with Gasteiger partial charge in [0.15, 0.2) is 0 Å². The summed E-state index contributed by atoms with van der Waals surface area (Å²) in [6.45, 7) is 0. The predicted octanol–water partition coefficient (Wildman–Crippen LogP) is 2.53. The van der Waals surface area contributed by atoms with Crippen LogP contribution in [0, 0.1) is 3.57 Å². The summed E-state index contributed by atoms with van der Waals surface area (Å²) in [5.74, 6) is -2.24. The third kappa shape index (κ3) is 3.84. The summed E-state index contributed by atoms with van der Waals surface area (Å²) in [7, 11) is 0. The van der Waals surface area contributed by atoms with Gasteiger partial charge in [-0.1, -0.05) is 6.07 Å². The maximum Gasteiger partial charge on any atom is 0.336 e. The zero-order valence-electron chi connectivity index (χ0n) is 7.14. The highest BCUT2D eigenvalue weighted by molar-refractivity contribution is 14.1. The molecule has 0 aliphatic heterocycles. The van der Waals surface area contributed by atoms with E-state index in [-0.39, 0.29) is 39.5 Å². The van der Waals surface area contributed by atoms with E-state index in [9.17, 15) is 9.59 Å². The fourth-order valence-electron chi connectivity index (χ4n) is 0.862. The highest BCUT2D eigenvalue weighted by atomic mass is 127. The van der Waals surface area contributed by atoms with Crippen molar-refractivity contribution in [1.82, 2.24) is 0 Å². The summed E-state index contributed by atoms with van der Waals surface area (Å²) in [4.78, 5) is 21.2. The number of benzene rings is 1. The van der Waals surface area contributed by atoms with Gasteiger partial charge in [-0.25, -0.2) is 9.59 Å². The van der Waals surface area contributed by atoms with Gasteiger partial charge in [0.05, 0.1) is 11.1 Å². The minimum absolute atomic E-state index is 0. The molecule has 0 aliphatic carbocycles. The summed E-state index contributed by atoms with van der Waals surface area (Å²) in [5.41, 5.74) is 0.0287. The fraction of sp³-hybridized carbons (Fsp3) is 0. The van der Waals surface area contributed by atoms with Gasteiger partial charge in [-0.3, -0.25) is 0 Å². The van der Waals surface area contributed by atoms with Gasteiger partial charge < -0.3 is 10.2 Å².